The summed E-state index contributed by atoms with van der Waals surface area (Å²) in [6.45, 7) is 0.231. The van der Waals surface area contributed by atoms with Gasteiger partial charge in [-0.2, -0.15) is 0 Å². The van der Waals surface area contributed by atoms with Crippen molar-refractivity contribution in [2.45, 2.75) is 18.9 Å². The van der Waals surface area contributed by atoms with Crippen molar-refractivity contribution in [1.29, 1.82) is 0 Å². The SMILES string of the molecule is CNC(=O)NC(=O)C(OC(=O)CCCNC(=O)c1ccco1)c1ccccc1. The van der Waals surface area contributed by atoms with Crippen LogP contribution in [0, 0.1) is 0 Å². The van der Waals surface area contributed by atoms with Crippen LogP contribution >= 0.6 is 0 Å². The highest BCUT2D eigenvalue weighted by Gasteiger charge is 2.26. The van der Waals surface area contributed by atoms with E-state index in [-0.39, 0.29) is 24.6 Å². The number of hydrogen-bond acceptors (Lipinski definition) is 6. The lowest BCUT2D eigenvalue weighted by Crippen LogP contribution is -2.41. The van der Waals surface area contributed by atoms with Gasteiger partial charge in [0.2, 0.25) is 6.10 Å². The van der Waals surface area contributed by atoms with Gasteiger partial charge in [0, 0.05) is 25.6 Å². The van der Waals surface area contributed by atoms with Crippen LogP contribution in [-0.2, 0) is 14.3 Å². The van der Waals surface area contributed by atoms with E-state index >= 15 is 0 Å². The zero-order valence-electron chi connectivity index (χ0n) is 15.3. The van der Waals surface area contributed by atoms with Gasteiger partial charge in [-0.3, -0.25) is 19.7 Å². The van der Waals surface area contributed by atoms with Gasteiger partial charge in [0.1, 0.15) is 0 Å². The van der Waals surface area contributed by atoms with Gasteiger partial charge in [0.15, 0.2) is 5.76 Å². The first kappa shape index (κ1) is 20.7. The van der Waals surface area contributed by atoms with Gasteiger partial charge in [-0.25, -0.2) is 4.79 Å². The average Bonchev–Trinajstić information content (AvgIpc) is 3.24. The molecule has 0 spiro atoms. The number of carbonyl (C=O) groups excluding carboxylic acids is 4. The Bertz CT molecular complexity index is 804. The Morgan fingerprint density at radius 1 is 1.07 bits per heavy atom. The van der Waals surface area contributed by atoms with E-state index in [1.165, 1.54) is 19.4 Å². The lowest BCUT2D eigenvalue weighted by Gasteiger charge is -2.17. The molecule has 3 N–H and O–H groups in total. The fraction of sp³-hybridized carbons (Fsp3) is 0.263. The van der Waals surface area contributed by atoms with E-state index in [2.05, 4.69) is 16.0 Å². The first-order valence-electron chi connectivity index (χ1n) is 8.60. The molecule has 9 heteroatoms. The van der Waals surface area contributed by atoms with E-state index < -0.39 is 24.0 Å². The molecule has 28 heavy (non-hydrogen) atoms. The van der Waals surface area contributed by atoms with Crippen molar-refractivity contribution in [3.8, 4) is 0 Å². The molecular formula is C19H21N3O6. The smallest absolute Gasteiger partial charge is 0.321 e. The summed E-state index contributed by atoms with van der Waals surface area (Å²) < 4.78 is 10.2. The number of imide groups is 1. The number of nitrogens with one attached hydrogen (secondary N) is 3. The minimum absolute atomic E-state index is 0.0188. The van der Waals surface area contributed by atoms with Crippen LogP contribution in [0.15, 0.2) is 53.1 Å². The Morgan fingerprint density at radius 3 is 2.46 bits per heavy atom. The molecule has 0 saturated carbocycles. The molecule has 0 saturated heterocycles. The van der Waals surface area contributed by atoms with Gasteiger partial charge < -0.3 is 19.8 Å². The lowest BCUT2D eigenvalue weighted by molar-refractivity contribution is -0.156. The quantitative estimate of drug-likeness (QED) is 0.466. The zero-order chi connectivity index (χ0) is 20.4. The molecule has 0 aliphatic carbocycles. The van der Waals surface area contributed by atoms with Crippen LogP contribution in [0.1, 0.15) is 35.1 Å². The highest BCUT2D eigenvalue weighted by molar-refractivity contribution is 5.97. The first-order chi connectivity index (χ1) is 13.5. The highest BCUT2D eigenvalue weighted by Crippen LogP contribution is 2.18. The molecule has 148 valence electrons. The Kier molecular flexibility index (Phi) is 7.77. The van der Waals surface area contributed by atoms with Crippen molar-refractivity contribution in [3.05, 3.63) is 60.1 Å². The molecule has 2 rings (SSSR count). The largest absolute Gasteiger partial charge is 0.459 e. The van der Waals surface area contributed by atoms with Crippen molar-refractivity contribution in [2.24, 2.45) is 0 Å². The van der Waals surface area contributed by atoms with Crippen LogP contribution in [0.4, 0.5) is 4.79 Å². The second kappa shape index (κ2) is 10.5. The monoisotopic (exact) mass is 387 g/mol. The van der Waals surface area contributed by atoms with Crippen LogP contribution in [0.2, 0.25) is 0 Å². The molecule has 1 aromatic heterocycles. The van der Waals surface area contributed by atoms with Crippen molar-refractivity contribution < 1.29 is 28.3 Å². The van der Waals surface area contributed by atoms with Gasteiger partial charge in [0.25, 0.3) is 11.8 Å². The third-order valence-electron chi connectivity index (χ3n) is 3.64. The van der Waals surface area contributed by atoms with Crippen molar-refractivity contribution >= 4 is 23.8 Å². The standard InChI is InChI=1S/C19H21N3O6/c1-20-19(26)22-18(25)16(13-7-3-2-4-8-13)28-15(23)10-5-11-21-17(24)14-9-6-12-27-14/h2-4,6-9,12,16H,5,10-11H2,1H3,(H,21,24)(H2,20,22,25,26). The summed E-state index contributed by atoms with van der Waals surface area (Å²) in [5.41, 5.74) is 0.434. The maximum Gasteiger partial charge on any atom is 0.321 e. The van der Waals surface area contributed by atoms with Gasteiger partial charge in [-0.05, 0) is 18.6 Å². The average molecular weight is 387 g/mol. The van der Waals surface area contributed by atoms with E-state index in [9.17, 15) is 19.2 Å². The Morgan fingerprint density at radius 2 is 1.82 bits per heavy atom. The summed E-state index contributed by atoms with van der Waals surface area (Å²) in [6, 6.07) is 10.8. The van der Waals surface area contributed by atoms with Crippen LogP contribution in [0.3, 0.4) is 0 Å². The van der Waals surface area contributed by atoms with E-state index in [0.29, 0.717) is 12.0 Å². The molecule has 2 aromatic rings. The molecular weight excluding hydrogens is 366 g/mol. The Hall–Kier alpha value is -3.62. The number of amides is 4. The number of ether oxygens (including phenoxy) is 1. The Balaban J connectivity index is 1.86. The third-order valence-corrected chi connectivity index (χ3v) is 3.64. The summed E-state index contributed by atoms with van der Waals surface area (Å²) in [5, 5.41) is 6.97. The van der Waals surface area contributed by atoms with E-state index in [1.54, 1.807) is 36.4 Å². The second-order valence-corrected chi connectivity index (χ2v) is 5.69. The normalized spacial score (nSPS) is 11.2. The van der Waals surface area contributed by atoms with Crippen LogP contribution in [0.5, 0.6) is 0 Å². The molecule has 1 heterocycles. The first-order valence-corrected chi connectivity index (χ1v) is 8.60. The maximum atomic E-state index is 12.3. The predicted molar refractivity (Wildman–Crippen MR) is 98.1 cm³/mol. The summed E-state index contributed by atoms with van der Waals surface area (Å²) in [4.78, 5) is 47.5. The number of carbonyl (C=O) groups is 4. The molecule has 0 aliphatic rings. The third kappa shape index (κ3) is 6.27. The summed E-state index contributed by atoms with van der Waals surface area (Å²) in [7, 11) is 1.36. The number of hydrogen-bond donors (Lipinski definition) is 3. The Labute approximate surface area is 161 Å². The molecule has 1 unspecified atom stereocenters. The minimum atomic E-state index is -1.26. The van der Waals surface area contributed by atoms with E-state index in [4.69, 9.17) is 9.15 Å². The molecule has 0 aliphatic heterocycles. The minimum Gasteiger partial charge on any atom is -0.459 e. The van der Waals surface area contributed by atoms with Gasteiger partial charge in [0.05, 0.1) is 6.26 Å². The van der Waals surface area contributed by atoms with E-state index in [0.717, 1.165) is 0 Å². The molecule has 0 bridgehead atoms. The van der Waals surface area contributed by atoms with Gasteiger partial charge in [-0.15, -0.1) is 0 Å². The van der Waals surface area contributed by atoms with Gasteiger partial charge >= 0.3 is 12.0 Å². The van der Waals surface area contributed by atoms with Crippen molar-refractivity contribution in [2.75, 3.05) is 13.6 Å². The molecule has 1 atom stereocenters. The van der Waals surface area contributed by atoms with Gasteiger partial charge in [-0.1, -0.05) is 30.3 Å². The highest BCUT2D eigenvalue weighted by atomic mass is 16.5. The number of benzene rings is 1. The predicted octanol–water partition coefficient (Wildman–Crippen LogP) is 1.53. The lowest BCUT2D eigenvalue weighted by atomic mass is 10.1. The summed E-state index contributed by atoms with van der Waals surface area (Å²) in [5.74, 6) is -1.60. The number of furan rings is 1. The summed E-state index contributed by atoms with van der Waals surface area (Å²) >= 11 is 0. The summed E-state index contributed by atoms with van der Waals surface area (Å²) in [6.07, 6.45) is 0.419. The molecule has 0 fully saturated rings. The fourth-order valence-corrected chi connectivity index (χ4v) is 2.26. The number of esters is 1. The van der Waals surface area contributed by atoms with Crippen LogP contribution in [0.25, 0.3) is 0 Å². The second-order valence-electron chi connectivity index (χ2n) is 5.69. The van der Waals surface area contributed by atoms with Crippen molar-refractivity contribution in [3.63, 3.8) is 0 Å². The zero-order valence-corrected chi connectivity index (χ0v) is 15.3. The number of rotatable bonds is 8. The maximum absolute atomic E-state index is 12.3. The molecule has 4 amide bonds. The van der Waals surface area contributed by atoms with Crippen LogP contribution < -0.4 is 16.0 Å². The van der Waals surface area contributed by atoms with Crippen molar-refractivity contribution in [1.82, 2.24) is 16.0 Å². The molecule has 9 nitrogen and oxygen atoms in total. The van der Waals surface area contributed by atoms with E-state index in [1.807, 2.05) is 0 Å². The number of urea groups is 1. The topological polar surface area (TPSA) is 127 Å². The molecule has 0 radical (unpaired) electrons. The molecule has 1 aromatic carbocycles. The van der Waals surface area contributed by atoms with Crippen LogP contribution in [-0.4, -0.2) is 37.4 Å². The fourth-order valence-electron chi connectivity index (χ4n) is 2.26.